The second-order valence-electron chi connectivity index (χ2n) is 3.17. The number of pyridine rings is 2. The summed E-state index contributed by atoms with van der Waals surface area (Å²) in [4.78, 5) is 18.4. The average molecular weight is 420 g/mol. The van der Waals surface area contributed by atoms with Gasteiger partial charge in [-0.05, 0) is 24.3 Å². The average Bonchev–Trinajstić information content (AvgIpc) is 2.53. The fraction of sp³-hybridized carbons (Fsp3) is 0.154. The predicted molar refractivity (Wildman–Crippen MR) is 91.3 cm³/mol. The molecule has 0 radical (unpaired) electrons. The summed E-state index contributed by atoms with van der Waals surface area (Å²) in [5.74, 6) is 0. The summed E-state index contributed by atoms with van der Waals surface area (Å²) in [5, 5.41) is 0. The van der Waals surface area contributed by atoms with Crippen LogP contribution >= 0.6 is 19.4 Å². The van der Waals surface area contributed by atoms with Crippen molar-refractivity contribution in [3.63, 3.8) is 0 Å². The molecule has 0 N–H and O–H groups in total. The number of amides is 1. The first kappa shape index (κ1) is 25.0. The summed E-state index contributed by atoms with van der Waals surface area (Å²) in [6.07, 6.45) is 7.75. The Morgan fingerprint density at radius 1 is 0.857 bits per heavy atom. The third-order valence-electron chi connectivity index (χ3n) is 1.34. The third kappa shape index (κ3) is 32.5. The molecule has 0 spiro atoms. The molecule has 0 unspecified atom stereocenters. The molecule has 0 bridgehead atoms. The van der Waals surface area contributed by atoms with Crippen molar-refractivity contribution in [2.45, 2.75) is 0 Å². The van der Waals surface area contributed by atoms with E-state index >= 15 is 0 Å². The van der Waals surface area contributed by atoms with E-state index in [1.54, 1.807) is 38.9 Å². The minimum absolute atomic E-state index is 0. The van der Waals surface area contributed by atoms with Crippen LogP contribution in [0.25, 0.3) is 0 Å². The number of hydrogen-bond acceptors (Lipinski definition) is 3. The van der Waals surface area contributed by atoms with Gasteiger partial charge in [-0.1, -0.05) is 20.5 Å². The molecule has 1 amide bonds. The second-order valence-corrected chi connectivity index (χ2v) is 5.65. The van der Waals surface area contributed by atoms with E-state index in [4.69, 9.17) is 19.4 Å². The predicted octanol–water partition coefficient (Wildman–Crippen LogP) is 1.79. The van der Waals surface area contributed by atoms with Gasteiger partial charge in [-0.15, -0.1) is 0 Å². The summed E-state index contributed by atoms with van der Waals surface area (Å²) < 4.78 is 0. The first-order valence-corrected chi connectivity index (χ1v) is 9.56. The van der Waals surface area contributed by atoms with Crippen molar-refractivity contribution in [3.8, 4) is 0 Å². The number of aromatic nitrogens is 2. The molecule has 0 atom stereocenters. The van der Waals surface area contributed by atoms with Crippen LogP contribution in [0.4, 0.5) is 0 Å². The van der Waals surface area contributed by atoms with Crippen LogP contribution in [0.3, 0.4) is 0 Å². The molecule has 0 aromatic carbocycles. The van der Waals surface area contributed by atoms with Gasteiger partial charge in [-0.2, -0.15) is 0 Å². The molecular formula is C13H21BCl2N3ORh. The Labute approximate surface area is 144 Å². The van der Waals surface area contributed by atoms with Crippen molar-refractivity contribution in [2.24, 2.45) is 0 Å². The number of rotatable bonds is 1. The van der Waals surface area contributed by atoms with Gasteiger partial charge in [0.15, 0.2) is 0 Å². The summed E-state index contributed by atoms with van der Waals surface area (Å²) in [6.45, 7) is 0. The largest absolute Gasteiger partial charge is 0.265 e. The van der Waals surface area contributed by atoms with Gasteiger partial charge in [0.1, 0.15) is 0 Å². The molecule has 21 heavy (non-hydrogen) atoms. The third-order valence-corrected chi connectivity index (χ3v) is 1.34. The van der Waals surface area contributed by atoms with Crippen molar-refractivity contribution >= 4 is 34.2 Å². The van der Waals surface area contributed by atoms with Gasteiger partial charge in [0.2, 0.25) is 6.41 Å². The van der Waals surface area contributed by atoms with Gasteiger partial charge in [-0.3, -0.25) is 14.8 Å². The molecule has 0 aliphatic heterocycles. The molecule has 8 heteroatoms. The van der Waals surface area contributed by atoms with Gasteiger partial charge >= 0.3 is 34.5 Å². The maximum Gasteiger partial charge on any atom is 0.0267 e. The minimum atomic E-state index is -0.226. The Bertz CT molecular complexity index is 301. The zero-order valence-electron chi connectivity index (χ0n) is 11.2. The van der Waals surface area contributed by atoms with Crippen molar-refractivity contribution in [3.05, 3.63) is 61.2 Å². The number of nitrogens with zero attached hydrogens (tertiary/aromatic N) is 3. The summed E-state index contributed by atoms with van der Waals surface area (Å²) >= 11 is -0.226. The molecule has 0 saturated carbocycles. The molecule has 2 aromatic rings. The Balaban J connectivity index is -0.000000209. The van der Waals surface area contributed by atoms with Crippen molar-refractivity contribution in [1.82, 2.24) is 14.9 Å². The van der Waals surface area contributed by atoms with E-state index in [1.165, 1.54) is 4.90 Å². The van der Waals surface area contributed by atoms with E-state index in [2.05, 4.69) is 9.97 Å². The quantitative estimate of drug-likeness (QED) is 0.523. The van der Waals surface area contributed by atoms with Crippen LogP contribution in [0.1, 0.15) is 0 Å². The van der Waals surface area contributed by atoms with Crippen molar-refractivity contribution < 1.29 is 19.9 Å². The zero-order valence-corrected chi connectivity index (χ0v) is 14.3. The molecule has 0 aliphatic rings. The van der Waals surface area contributed by atoms with Crippen LogP contribution in [0.15, 0.2) is 61.2 Å². The molecule has 2 heterocycles. The summed E-state index contributed by atoms with van der Waals surface area (Å²) in [6, 6.07) is 11.4. The molecule has 0 saturated heterocycles. The Morgan fingerprint density at radius 2 is 1.10 bits per heavy atom. The van der Waals surface area contributed by atoms with E-state index < -0.39 is 0 Å². The van der Waals surface area contributed by atoms with Crippen LogP contribution in [0, 0.1) is 0 Å². The topological polar surface area (TPSA) is 46.1 Å². The smallest absolute Gasteiger partial charge is 0.0267 e. The van der Waals surface area contributed by atoms with Crippen LogP contribution in [-0.4, -0.2) is 43.8 Å². The molecule has 2 rings (SSSR count). The Kier molecular flexibility index (Phi) is 28.7. The SMILES string of the molecule is CN(C)C=O.[BH4-].[Cl][Rh+][Cl].c1ccncc1.c1ccncc1. The fourth-order valence-corrected chi connectivity index (χ4v) is 0.625. The molecule has 0 aliphatic carbocycles. The molecular weight excluding hydrogens is 399 g/mol. The molecule has 0 fully saturated rings. The standard InChI is InChI=1S/2C5H5N.C3H7NO.BH4.2ClH.Rh/c2*1-2-4-6-5-3-1;1-4(2)3-5;;;;/h2*1-5H;3H,1-2H3;1H4;2*1H;/q;;;-1;;;+3/p-2. The van der Waals surface area contributed by atoms with Crippen LogP contribution in [0.2, 0.25) is 0 Å². The van der Waals surface area contributed by atoms with Gasteiger partial charge in [0.25, 0.3) is 0 Å². The first-order chi connectivity index (χ1) is 9.68. The number of halogens is 2. The Hall–Kier alpha value is -0.962. The van der Waals surface area contributed by atoms with Gasteiger partial charge in [-0.25, -0.2) is 0 Å². The fourth-order valence-electron chi connectivity index (χ4n) is 0.625. The molecule has 120 valence electrons. The number of carbonyl (C=O) groups is 1. The van der Waals surface area contributed by atoms with Gasteiger partial charge < -0.3 is 4.90 Å². The molecule has 2 aromatic heterocycles. The van der Waals surface area contributed by atoms with Crippen LogP contribution < -0.4 is 0 Å². The van der Waals surface area contributed by atoms with Crippen LogP contribution in [0.5, 0.6) is 0 Å². The maximum atomic E-state index is 9.43. The van der Waals surface area contributed by atoms with Crippen molar-refractivity contribution in [1.29, 1.82) is 0 Å². The number of hydrogen-bond donors (Lipinski definition) is 0. The first-order valence-electron chi connectivity index (χ1n) is 5.34. The van der Waals surface area contributed by atoms with E-state index in [0.29, 0.717) is 0 Å². The van der Waals surface area contributed by atoms with Gasteiger partial charge in [0.05, 0.1) is 0 Å². The van der Waals surface area contributed by atoms with E-state index in [-0.39, 0.29) is 23.6 Å². The second kappa shape index (κ2) is 24.1. The Morgan fingerprint density at radius 3 is 1.14 bits per heavy atom. The van der Waals surface area contributed by atoms with E-state index in [0.717, 1.165) is 6.41 Å². The summed E-state index contributed by atoms with van der Waals surface area (Å²) in [5.41, 5.74) is 0. The number of carbonyl (C=O) groups excluding carboxylic acids is 1. The molecule has 4 nitrogen and oxygen atoms in total. The maximum absolute atomic E-state index is 9.43. The van der Waals surface area contributed by atoms with Gasteiger partial charge in [0, 0.05) is 38.9 Å². The van der Waals surface area contributed by atoms with E-state index in [9.17, 15) is 4.79 Å². The normalized spacial score (nSPS) is 7.24. The zero-order chi connectivity index (χ0) is 15.5. The van der Waals surface area contributed by atoms with Crippen molar-refractivity contribution in [2.75, 3.05) is 14.1 Å². The minimum Gasteiger partial charge on any atom is -0.265 e. The monoisotopic (exact) mass is 419 g/mol. The van der Waals surface area contributed by atoms with E-state index in [1.807, 2.05) is 36.4 Å². The summed E-state index contributed by atoms with van der Waals surface area (Å²) in [7, 11) is 13.0. The van der Waals surface area contributed by atoms with Crippen LogP contribution in [-0.2, 0) is 19.9 Å².